The van der Waals surface area contributed by atoms with E-state index in [0.717, 1.165) is 12.4 Å². The van der Waals surface area contributed by atoms with Gasteiger partial charge in [-0.25, -0.2) is 0 Å². The van der Waals surface area contributed by atoms with Crippen LogP contribution in [0.25, 0.3) is 0 Å². The molecular formula is C5H7NOS. The summed E-state index contributed by atoms with van der Waals surface area (Å²) in [5.74, 6) is 1.15. The van der Waals surface area contributed by atoms with Crippen LogP contribution in [0.2, 0.25) is 0 Å². The Labute approximate surface area is 52.2 Å². The highest BCUT2D eigenvalue weighted by molar-refractivity contribution is 8.02. The third-order valence-electron chi connectivity index (χ3n) is 1.41. The highest BCUT2D eigenvalue weighted by atomic mass is 32.2. The van der Waals surface area contributed by atoms with E-state index in [-0.39, 0.29) is 0 Å². The van der Waals surface area contributed by atoms with Gasteiger partial charge in [0.1, 0.15) is 0 Å². The molecule has 3 heteroatoms. The van der Waals surface area contributed by atoms with Gasteiger partial charge in [-0.3, -0.25) is 4.84 Å². The highest BCUT2D eigenvalue weighted by Gasteiger charge is 2.24. The predicted octanol–water partition coefficient (Wildman–Crippen LogP) is 0.520. The minimum absolute atomic E-state index is 0.528. The number of thioether (sulfide) groups is 1. The Morgan fingerprint density at radius 1 is 1.88 bits per heavy atom. The van der Waals surface area contributed by atoms with Crippen LogP contribution in [-0.4, -0.2) is 18.4 Å². The number of nitrogens with one attached hydrogen (secondary N) is 1. The van der Waals surface area contributed by atoms with Gasteiger partial charge in [0.25, 0.3) is 0 Å². The summed E-state index contributed by atoms with van der Waals surface area (Å²) in [4.78, 5) is 4.98. The molecule has 2 aliphatic rings. The van der Waals surface area contributed by atoms with Crippen LogP contribution in [0.3, 0.4) is 0 Å². The molecule has 2 heterocycles. The van der Waals surface area contributed by atoms with Crippen molar-refractivity contribution in [1.82, 2.24) is 5.48 Å². The number of fused-ring (bicyclic) bond motifs is 1. The van der Waals surface area contributed by atoms with Crippen LogP contribution in [-0.2, 0) is 4.84 Å². The van der Waals surface area contributed by atoms with E-state index >= 15 is 0 Å². The van der Waals surface area contributed by atoms with E-state index in [9.17, 15) is 0 Å². The molecule has 0 saturated carbocycles. The molecule has 0 aliphatic carbocycles. The van der Waals surface area contributed by atoms with Crippen molar-refractivity contribution >= 4 is 11.8 Å². The van der Waals surface area contributed by atoms with Gasteiger partial charge in [-0.15, -0.1) is 11.8 Å². The summed E-state index contributed by atoms with van der Waals surface area (Å²) in [6, 6.07) is 0.528. The molecule has 1 N–H and O–H groups in total. The zero-order valence-corrected chi connectivity index (χ0v) is 5.20. The lowest BCUT2D eigenvalue weighted by Gasteiger charge is -1.98. The summed E-state index contributed by atoms with van der Waals surface area (Å²) in [7, 11) is 0. The Kier molecular flexibility index (Phi) is 1.06. The van der Waals surface area contributed by atoms with Crippen LogP contribution in [0.1, 0.15) is 0 Å². The van der Waals surface area contributed by atoms with Crippen molar-refractivity contribution in [3.8, 4) is 0 Å². The van der Waals surface area contributed by atoms with E-state index in [4.69, 9.17) is 4.84 Å². The van der Waals surface area contributed by atoms with Crippen molar-refractivity contribution in [2.24, 2.45) is 0 Å². The smallest absolute Gasteiger partial charge is 0.0917 e. The molecule has 0 bridgehead atoms. The van der Waals surface area contributed by atoms with Crippen LogP contribution in [0.4, 0.5) is 0 Å². The van der Waals surface area contributed by atoms with Crippen molar-refractivity contribution in [1.29, 1.82) is 0 Å². The Hall–Kier alpha value is 0.0100. The van der Waals surface area contributed by atoms with Gasteiger partial charge >= 0.3 is 0 Å². The first-order chi connectivity index (χ1) is 3.97. The number of hydroxylamine groups is 1. The maximum absolute atomic E-state index is 4.98. The van der Waals surface area contributed by atoms with Gasteiger partial charge in [-0.2, -0.15) is 5.48 Å². The van der Waals surface area contributed by atoms with Crippen LogP contribution in [0.5, 0.6) is 0 Å². The molecule has 1 atom stereocenters. The van der Waals surface area contributed by atoms with Crippen molar-refractivity contribution in [3.63, 3.8) is 0 Å². The standard InChI is InChI=1S/C5H7NOS/c1-4-2-8-3-5(4)6-7-1/h2,5-6H,1,3H2. The summed E-state index contributed by atoms with van der Waals surface area (Å²) < 4.78 is 0. The minimum atomic E-state index is 0.528. The highest BCUT2D eigenvalue weighted by Crippen LogP contribution is 2.25. The number of rotatable bonds is 0. The quantitative estimate of drug-likeness (QED) is 0.515. The first-order valence-electron chi connectivity index (χ1n) is 2.65. The van der Waals surface area contributed by atoms with E-state index in [2.05, 4.69) is 10.9 Å². The third kappa shape index (κ3) is 0.589. The molecule has 8 heavy (non-hydrogen) atoms. The molecule has 0 aromatic heterocycles. The second-order valence-electron chi connectivity index (χ2n) is 1.99. The third-order valence-corrected chi connectivity index (χ3v) is 2.40. The SMILES string of the molecule is C1=C2CONC2CS1. The van der Waals surface area contributed by atoms with E-state index in [1.807, 2.05) is 11.8 Å². The molecule has 44 valence electrons. The van der Waals surface area contributed by atoms with Crippen molar-refractivity contribution in [2.45, 2.75) is 6.04 Å². The largest absolute Gasteiger partial charge is 0.297 e. The first-order valence-corrected chi connectivity index (χ1v) is 3.69. The lowest BCUT2D eigenvalue weighted by atomic mass is 10.2. The first kappa shape index (κ1) is 4.85. The average molecular weight is 129 g/mol. The molecule has 0 aromatic rings. The lowest BCUT2D eigenvalue weighted by molar-refractivity contribution is 0.0930. The normalized spacial score (nSPS) is 35.0. The molecule has 0 aromatic carbocycles. The topological polar surface area (TPSA) is 21.3 Å². The second-order valence-corrected chi connectivity index (χ2v) is 2.89. The summed E-state index contributed by atoms with van der Waals surface area (Å²) >= 11 is 1.86. The van der Waals surface area contributed by atoms with Crippen LogP contribution < -0.4 is 5.48 Å². The molecule has 1 saturated heterocycles. The van der Waals surface area contributed by atoms with Crippen LogP contribution >= 0.6 is 11.8 Å². The fourth-order valence-corrected chi connectivity index (χ4v) is 1.93. The van der Waals surface area contributed by atoms with Crippen molar-refractivity contribution < 1.29 is 4.84 Å². The fraction of sp³-hybridized carbons (Fsp3) is 0.600. The monoisotopic (exact) mass is 129 g/mol. The number of hydrogen-bond acceptors (Lipinski definition) is 3. The van der Waals surface area contributed by atoms with Crippen molar-refractivity contribution in [2.75, 3.05) is 12.4 Å². The van der Waals surface area contributed by atoms with Gasteiger partial charge in [-0.1, -0.05) is 0 Å². The molecule has 1 unspecified atom stereocenters. The average Bonchev–Trinajstić information content (AvgIpc) is 2.15. The van der Waals surface area contributed by atoms with Gasteiger partial charge in [0.15, 0.2) is 0 Å². The lowest BCUT2D eigenvalue weighted by Crippen LogP contribution is -2.21. The maximum Gasteiger partial charge on any atom is 0.0917 e. The fourth-order valence-electron chi connectivity index (χ4n) is 0.910. The maximum atomic E-state index is 4.98. The van der Waals surface area contributed by atoms with Crippen molar-refractivity contribution in [3.05, 3.63) is 11.0 Å². The van der Waals surface area contributed by atoms with Crippen LogP contribution in [0.15, 0.2) is 11.0 Å². The number of hydrogen-bond donors (Lipinski definition) is 1. The van der Waals surface area contributed by atoms with E-state index in [1.54, 1.807) is 0 Å². The molecule has 1 fully saturated rings. The summed E-state index contributed by atoms with van der Waals surface area (Å²) in [6.45, 7) is 0.789. The molecule has 0 amide bonds. The Morgan fingerprint density at radius 3 is 3.75 bits per heavy atom. The second kappa shape index (κ2) is 1.76. The molecule has 0 radical (unpaired) electrons. The zero-order valence-electron chi connectivity index (χ0n) is 4.39. The summed E-state index contributed by atoms with van der Waals surface area (Å²) in [6.07, 6.45) is 0. The predicted molar refractivity (Wildman–Crippen MR) is 33.4 cm³/mol. The van der Waals surface area contributed by atoms with Gasteiger partial charge in [-0.05, 0) is 11.0 Å². The molecule has 2 nitrogen and oxygen atoms in total. The Bertz CT molecular complexity index is 134. The molecular weight excluding hydrogens is 122 g/mol. The Morgan fingerprint density at radius 2 is 2.88 bits per heavy atom. The van der Waals surface area contributed by atoms with E-state index < -0.39 is 0 Å². The zero-order chi connectivity index (χ0) is 5.40. The summed E-state index contributed by atoms with van der Waals surface area (Å²) in [5, 5.41) is 2.19. The molecule has 0 spiro atoms. The van der Waals surface area contributed by atoms with Gasteiger partial charge < -0.3 is 0 Å². The molecule has 2 rings (SSSR count). The van der Waals surface area contributed by atoms with Gasteiger partial charge in [0, 0.05) is 5.75 Å². The van der Waals surface area contributed by atoms with E-state index in [1.165, 1.54) is 5.57 Å². The minimum Gasteiger partial charge on any atom is -0.297 e. The summed E-state index contributed by atoms with van der Waals surface area (Å²) in [5.41, 5.74) is 4.34. The van der Waals surface area contributed by atoms with E-state index in [0.29, 0.717) is 6.04 Å². The van der Waals surface area contributed by atoms with Gasteiger partial charge in [0.05, 0.1) is 12.6 Å². The molecule has 2 aliphatic heterocycles. The Balaban J connectivity index is 2.20. The van der Waals surface area contributed by atoms with Gasteiger partial charge in [0.2, 0.25) is 0 Å². The van der Waals surface area contributed by atoms with Crippen LogP contribution in [0, 0.1) is 0 Å².